The van der Waals surface area contributed by atoms with E-state index in [0.717, 1.165) is 28.2 Å². The van der Waals surface area contributed by atoms with Crippen molar-refractivity contribution in [1.82, 2.24) is 19.5 Å². The average Bonchev–Trinajstić information content (AvgIpc) is 3.21. The van der Waals surface area contributed by atoms with Gasteiger partial charge in [-0.3, -0.25) is 9.36 Å². The largest absolute Gasteiger partial charge is 0.472 e. The van der Waals surface area contributed by atoms with Crippen LogP contribution in [-0.2, 0) is 6.61 Å². The maximum absolute atomic E-state index is 13.2. The van der Waals surface area contributed by atoms with Crippen LogP contribution in [0.3, 0.4) is 0 Å². The number of aromatic nitrogens is 4. The number of aryl methyl sites for hydroxylation is 3. The fourth-order valence-corrected chi connectivity index (χ4v) is 4.40. The van der Waals surface area contributed by atoms with Crippen molar-refractivity contribution in [2.24, 2.45) is 0 Å². The SMILES string of the molecule is Cc1cc(COc2nc(C)n(-c3cccc(-c4nc(C(C)C)ncc4C)c3)c(=O)c2Cl)cs1. The molecular formula is C25H25ClN4O2S. The summed E-state index contributed by atoms with van der Waals surface area (Å²) < 4.78 is 7.26. The summed E-state index contributed by atoms with van der Waals surface area (Å²) >= 11 is 8.03. The van der Waals surface area contributed by atoms with E-state index in [2.05, 4.69) is 23.8 Å². The standard InChI is InChI=1S/C25H25ClN4O2S/c1-14(2)23-27-11-15(3)22(29-23)19-7-6-8-20(10-19)30-17(5)28-24(21(26)25(30)31)32-12-18-9-16(4)33-13-18/h6-11,13-14H,12H2,1-5H3. The van der Waals surface area contributed by atoms with Crippen molar-refractivity contribution in [3.8, 4) is 22.8 Å². The monoisotopic (exact) mass is 480 g/mol. The fourth-order valence-electron chi connectivity index (χ4n) is 3.53. The van der Waals surface area contributed by atoms with Crippen LogP contribution in [0.5, 0.6) is 5.88 Å². The minimum atomic E-state index is -0.375. The molecule has 0 saturated carbocycles. The maximum atomic E-state index is 13.2. The van der Waals surface area contributed by atoms with Crippen LogP contribution >= 0.6 is 22.9 Å². The molecule has 3 aromatic heterocycles. The number of hydrogen-bond acceptors (Lipinski definition) is 6. The third-order valence-electron chi connectivity index (χ3n) is 5.21. The third kappa shape index (κ3) is 4.84. The number of nitrogens with zero attached hydrogens (tertiary/aromatic N) is 4. The van der Waals surface area contributed by atoms with Gasteiger partial charge in [-0.25, -0.2) is 9.97 Å². The molecule has 0 bridgehead atoms. The lowest BCUT2D eigenvalue weighted by atomic mass is 10.1. The molecule has 0 unspecified atom stereocenters. The van der Waals surface area contributed by atoms with E-state index >= 15 is 0 Å². The van der Waals surface area contributed by atoms with Crippen LogP contribution in [-0.4, -0.2) is 19.5 Å². The lowest BCUT2D eigenvalue weighted by molar-refractivity contribution is 0.292. The Bertz CT molecular complexity index is 1380. The zero-order chi connectivity index (χ0) is 23.7. The number of halogens is 1. The van der Waals surface area contributed by atoms with E-state index in [0.29, 0.717) is 18.1 Å². The van der Waals surface area contributed by atoms with Crippen molar-refractivity contribution < 1.29 is 4.74 Å². The molecule has 0 radical (unpaired) electrons. The van der Waals surface area contributed by atoms with Crippen LogP contribution < -0.4 is 10.3 Å². The molecule has 0 saturated heterocycles. The van der Waals surface area contributed by atoms with Crippen LogP contribution in [0.2, 0.25) is 5.02 Å². The van der Waals surface area contributed by atoms with Crippen molar-refractivity contribution in [2.45, 2.75) is 47.1 Å². The van der Waals surface area contributed by atoms with Gasteiger partial charge >= 0.3 is 0 Å². The predicted octanol–water partition coefficient (Wildman–Crippen LogP) is 6.03. The molecule has 4 rings (SSSR count). The van der Waals surface area contributed by atoms with Crippen molar-refractivity contribution in [3.05, 3.63) is 84.9 Å². The molecule has 3 heterocycles. The van der Waals surface area contributed by atoms with Crippen molar-refractivity contribution >= 4 is 22.9 Å². The Morgan fingerprint density at radius 1 is 1.15 bits per heavy atom. The highest BCUT2D eigenvalue weighted by atomic mass is 35.5. The van der Waals surface area contributed by atoms with Crippen LogP contribution in [0.15, 0.2) is 46.7 Å². The average molecular weight is 481 g/mol. The summed E-state index contributed by atoms with van der Waals surface area (Å²) in [5.74, 6) is 1.62. The predicted molar refractivity (Wildman–Crippen MR) is 133 cm³/mol. The first-order valence-corrected chi connectivity index (χ1v) is 11.9. The highest BCUT2D eigenvalue weighted by molar-refractivity contribution is 7.10. The minimum absolute atomic E-state index is 0.0433. The van der Waals surface area contributed by atoms with E-state index in [1.54, 1.807) is 18.3 Å². The Balaban J connectivity index is 1.71. The van der Waals surface area contributed by atoms with Gasteiger partial charge in [0.15, 0.2) is 5.02 Å². The van der Waals surface area contributed by atoms with Crippen molar-refractivity contribution in [3.63, 3.8) is 0 Å². The molecule has 8 heteroatoms. The van der Waals surface area contributed by atoms with E-state index in [9.17, 15) is 4.79 Å². The number of ether oxygens (including phenoxy) is 1. The molecule has 4 aromatic rings. The minimum Gasteiger partial charge on any atom is -0.472 e. The molecule has 6 nitrogen and oxygen atoms in total. The Morgan fingerprint density at radius 2 is 1.94 bits per heavy atom. The highest BCUT2D eigenvalue weighted by Gasteiger charge is 2.17. The summed E-state index contributed by atoms with van der Waals surface area (Å²) in [6.45, 7) is 10.2. The van der Waals surface area contributed by atoms with Crippen LogP contribution in [0.25, 0.3) is 16.9 Å². The molecule has 0 aliphatic rings. The van der Waals surface area contributed by atoms with Gasteiger partial charge in [0.2, 0.25) is 5.88 Å². The Labute approximate surface area is 201 Å². The lowest BCUT2D eigenvalue weighted by Crippen LogP contribution is -2.23. The van der Waals surface area contributed by atoms with E-state index in [-0.39, 0.29) is 22.4 Å². The molecule has 1 aromatic carbocycles. The van der Waals surface area contributed by atoms with Crippen molar-refractivity contribution in [2.75, 3.05) is 0 Å². The zero-order valence-electron chi connectivity index (χ0n) is 19.2. The van der Waals surface area contributed by atoms with Crippen LogP contribution in [0, 0.1) is 20.8 Å². The normalized spacial score (nSPS) is 11.2. The highest BCUT2D eigenvalue weighted by Crippen LogP contribution is 2.26. The molecule has 170 valence electrons. The molecule has 0 spiro atoms. The molecule has 33 heavy (non-hydrogen) atoms. The number of benzene rings is 1. The zero-order valence-corrected chi connectivity index (χ0v) is 20.8. The summed E-state index contributed by atoms with van der Waals surface area (Å²) in [5.41, 5.74) is 4.00. The Hall–Kier alpha value is -3.03. The lowest BCUT2D eigenvalue weighted by Gasteiger charge is -2.15. The van der Waals surface area contributed by atoms with E-state index in [1.807, 2.05) is 55.8 Å². The van der Waals surface area contributed by atoms with Gasteiger partial charge in [0.05, 0.1) is 11.4 Å². The number of rotatable bonds is 6. The second kappa shape index (κ2) is 9.45. The van der Waals surface area contributed by atoms with Gasteiger partial charge in [-0.15, -0.1) is 11.3 Å². The second-order valence-corrected chi connectivity index (χ2v) is 9.73. The van der Waals surface area contributed by atoms with Gasteiger partial charge in [0.25, 0.3) is 5.56 Å². The molecule has 0 atom stereocenters. The number of thiophene rings is 1. The molecule has 0 N–H and O–H groups in total. The molecule has 0 amide bonds. The number of hydrogen-bond donors (Lipinski definition) is 0. The summed E-state index contributed by atoms with van der Waals surface area (Å²) in [6.07, 6.45) is 1.83. The van der Waals surface area contributed by atoms with Gasteiger partial charge in [0, 0.05) is 28.1 Å². The first kappa shape index (κ1) is 23.1. The van der Waals surface area contributed by atoms with Crippen LogP contribution in [0.4, 0.5) is 0 Å². The Kier molecular flexibility index (Phi) is 6.63. The second-order valence-electron chi connectivity index (χ2n) is 8.24. The molecule has 0 fully saturated rings. The van der Waals surface area contributed by atoms with E-state index in [4.69, 9.17) is 21.3 Å². The topological polar surface area (TPSA) is 69.9 Å². The summed E-state index contributed by atoms with van der Waals surface area (Å²) in [5, 5.41) is 1.97. The smallest absolute Gasteiger partial charge is 0.280 e. The first-order valence-electron chi connectivity index (χ1n) is 10.6. The van der Waals surface area contributed by atoms with Gasteiger partial charge in [-0.05, 0) is 49.9 Å². The fraction of sp³-hybridized carbons (Fsp3) is 0.280. The van der Waals surface area contributed by atoms with Crippen molar-refractivity contribution in [1.29, 1.82) is 0 Å². The van der Waals surface area contributed by atoms with Crippen LogP contribution in [0.1, 0.15) is 47.4 Å². The first-order chi connectivity index (χ1) is 15.7. The van der Waals surface area contributed by atoms with Gasteiger partial charge in [-0.1, -0.05) is 37.6 Å². The quantitative estimate of drug-likeness (QED) is 0.337. The van der Waals surface area contributed by atoms with Gasteiger partial charge < -0.3 is 4.74 Å². The van der Waals surface area contributed by atoms with Gasteiger partial charge in [0.1, 0.15) is 18.3 Å². The maximum Gasteiger partial charge on any atom is 0.280 e. The van der Waals surface area contributed by atoms with Gasteiger partial charge in [-0.2, -0.15) is 4.98 Å². The summed E-state index contributed by atoms with van der Waals surface area (Å²) in [6, 6.07) is 9.67. The molecule has 0 aliphatic carbocycles. The molecule has 0 aliphatic heterocycles. The Morgan fingerprint density at radius 3 is 2.64 bits per heavy atom. The van der Waals surface area contributed by atoms with E-state index < -0.39 is 0 Å². The summed E-state index contributed by atoms with van der Waals surface area (Å²) in [7, 11) is 0. The molecular weight excluding hydrogens is 456 g/mol. The van der Waals surface area contributed by atoms with E-state index in [1.165, 1.54) is 9.44 Å². The summed E-state index contributed by atoms with van der Waals surface area (Å²) in [4.78, 5) is 28.0. The third-order valence-corrected chi connectivity index (χ3v) is 6.44.